The van der Waals surface area contributed by atoms with Crippen LogP contribution in [0.5, 0.6) is 0 Å². The largest absolute Gasteiger partial charge is 0.288 e. The van der Waals surface area contributed by atoms with Crippen LogP contribution in [0, 0.1) is 6.92 Å². The summed E-state index contributed by atoms with van der Waals surface area (Å²) in [5.74, 6) is 1.48. The lowest BCUT2D eigenvalue weighted by Crippen LogP contribution is -2.13. The van der Waals surface area contributed by atoms with Gasteiger partial charge >= 0.3 is 0 Å². The number of benzene rings is 1. The average molecular weight is 393 g/mol. The summed E-state index contributed by atoms with van der Waals surface area (Å²) in [4.78, 5) is 8.58. The lowest BCUT2D eigenvalue weighted by molar-refractivity contribution is 0.601. The molecule has 8 heteroatoms. The highest BCUT2D eigenvalue weighted by molar-refractivity contribution is 9.10. The van der Waals surface area contributed by atoms with Crippen LogP contribution < -0.4 is 4.72 Å². The first-order chi connectivity index (χ1) is 11.0. The van der Waals surface area contributed by atoms with Crippen LogP contribution in [0.4, 0.5) is 5.69 Å². The lowest BCUT2D eigenvalue weighted by atomic mass is 10.4. The number of hydrogen-bond acceptors (Lipinski definition) is 4. The number of pyridine rings is 1. The van der Waals surface area contributed by atoms with Gasteiger partial charge in [0.05, 0.1) is 16.8 Å². The zero-order chi connectivity index (χ0) is 16.4. The maximum atomic E-state index is 12.3. The molecule has 6 nitrogen and oxygen atoms in total. The number of imidazole rings is 1. The molecule has 118 valence electrons. The van der Waals surface area contributed by atoms with Crippen molar-refractivity contribution in [2.45, 2.75) is 11.8 Å². The van der Waals surface area contributed by atoms with Crippen LogP contribution in [-0.2, 0) is 10.0 Å². The van der Waals surface area contributed by atoms with Crippen molar-refractivity contribution in [3.63, 3.8) is 0 Å². The maximum Gasteiger partial charge on any atom is 0.261 e. The van der Waals surface area contributed by atoms with E-state index in [1.54, 1.807) is 36.7 Å². The Morgan fingerprint density at radius 3 is 2.39 bits per heavy atom. The van der Waals surface area contributed by atoms with Crippen LogP contribution >= 0.6 is 15.9 Å². The monoisotopic (exact) mass is 392 g/mol. The third kappa shape index (κ3) is 3.43. The van der Waals surface area contributed by atoms with Crippen molar-refractivity contribution in [1.29, 1.82) is 0 Å². The molecular weight excluding hydrogens is 380 g/mol. The van der Waals surface area contributed by atoms with Gasteiger partial charge in [0.1, 0.15) is 11.6 Å². The Labute approximate surface area is 142 Å². The van der Waals surface area contributed by atoms with Gasteiger partial charge in [-0.15, -0.1) is 0 Å². The first-order valence-corrected chi connectivity index (χ1v) is 8.98. The van der Waals surface area contributed by atoms with Gasteiger partial charge in [-0.2, -0.15) is 0 Å². The third-order valence-electron chi connectivity index (χ3n) is 3.20. The smallest absolute Gasteiger partial charge is 0.261 e. The Bertz CT molecular complexity index is 919. The van der Waals surface area contributed by atoms with E-state index in [0.29, 0.717) is 11.5 Å². The van der Waals surface area contributed by atoms with E-state index < -0.39 is 10.0 Å². The van der Waals surface area contributed by atoms with Crippen LogP contribution in [0.1, 0.15) is 5.82 Å². The molecule has 0 radical (unpaired) electrons. The SMILES string of the molecule is Cc1nccn1-c1ccc(NS(=O)(=O)c2ccc(Br)cc2)cn1. The number of anilines is 1. The Kier molecular flexibility index (Phi) is 4.18. The fraction of sp³-hybridized carbons (Fsp3) is 0.0667. The predicted octanol–water partition coefficient (Wildman–Crippen LogP) is 3.14. The van der Waals surface area contributed by atoms with Crippen LogP contribution in [0.15, 0.2) is 64.4 Å². The van der Waals surface area contributed by atoms with Crippen LogP contribution in [0.2, 0.25) is 0 Å². The summed E-state index contributed by atoms with van der Waals surface area (Å²) in [6.45, 7) is 1.87. The summed E-state index contributed by atoms with van der Waals surface area (Å²) in [5.41, 5.74) is 0.398. The van der Waals surface area contributed by atoms with E-state index in [0.717, 1.165) is 10.3 Å². The van der Waals surface area contributed by atoms with E-state index in [2.05, 4.69) is 30.6 Å². The Hall–Kier alpha value is -2.19. The van der Waals surface area contributed by atoms with Gasteiger partial charge in [0.15, 0.2) is 0 Å². The number of sulfonamides is 1. The zero-order valence-electron chi connectivity index (χ0n) is 12.1. The van der Waals surface area contributed by atoms with Gasteiger partial charge in [-0.25, -0.2) is 18.4 Å². The topological polar surface area (TPSA) is 76.9 Å². The van der Waals surface area contributed by atoms with Gasteiger partial charge in [-0.05, 0) is 43.3 Å². The number of hydrogen-bond donors (Lipinski definition) is 1. The van der Waals surface area contributed by atoms with Crippen molar-refractivity contribution in [1.82, 2.24) is 14.5 Å². The summed E-state index contributed by atoms with van der Waals surface area (Å²) < 4.78 is 29.8. The molecule has 0 aliphatic heterocycles. The number of aromatic nitrogens is 3. The fourth-order valence-corrected chi connectivity index (χ4v) is 3.34. The molecule has 3 rings (SSSR count). The molecule has 0 unspecified atom stereocenters. The molecule has 3 aromatic rings. The first-order valence-electron chi connectivity index (χ1n) is 6.70. The van der Waals surface area contributed by atoms with E-state index in [1.165, 1.54) is 18.3 Å². The van der Waals surface area contributed by atoms with Crippen molar-refractivity contribution >= 4 is 31.6 Å². The van der Waals surface area contributed by atoms with Gasteiger partial charge < -0.3 is 0 Å². The van der Waals surface area contributed by atoms with Crippen molar-refractivity contribution in [2.24, 2.45) is 0 Å². The van der Waals surface area contributed by atoms with Crippen molar-refractivity contribution in [3.05, 3.63) is 65.3 Å². The predicted molar refractivity (Wildman–Crippen MR) is 91.0 cm³/mol. The number of halogens is 1. The molecule has 0 saturated carbocycles. The molecular formula is C15H13BrN4O2S. The summed E-state index contributed by atoms with van der Waals surface area (Å²) in [7, 11) is -3.63. The summed E-state index contributed by atoms with van der Waals surface area (Å²) in [6.07, 6.45) is 4.95. The molecule has 0 aliphatic rings. The quantitative estimate of drug-likeness (QED) is 0.739. The molecule has 0 aliphatic carbocycles. The van der Waals surface area contributed by atoms with E-state index in [-0.39, 0.29) is 4.90 Å². The molecule has 2 heterocycles. The lowest BCUT2D eigenvalue weighted by Gasteiger charge is -2.09. The highest BCUT2D eigenvalue weighted by Crippen LogP contribution is 2.19. The average Bonchev–Trinajstić information content (AvgIpc) is 2.94. The van der Waals surface area contributed by atoms with Crippen molar-refractivity contribution < 1.29 is 8.42 Å². The highest BCUT2D eigenvalue weighted by atomic mass is 79.9. The minimum Gasteiger partial charge on any atom is -0.288 e. The van der Waals surface area contributed by atoms with Crippen molar-refractivity contribution in [3.8, 4) is 5.82 Å². The summed E-state index contributed by atoms with van der Waals surface area (Å²) in [5, 5.41) is 0. The molecule has 0 amide bonds. The molecule has 0 bridgehead atoms. The van der Waals surface area contributed by atoms with Gasteiger partial charge in [0.25, 0.3) is 10.0 Å². The second-order valence-corrected chi connectivity index (χ2v) is 7.41. The zero-order valence-corrected chi connectivity index (χ0v) is 14.5. The molecule has 23 heavy (non-hydrogen) atoms. The van der Waals surface area contributed by atoms with Gasteiger partial charge in [-0.3, -0.25) is 9.29 Å². The summed E-state index contributed by atoms with van der Waals surface area (Å²) in [6, 6.07) is 9.81. The Balaban J connectivity index is 1.83. The molecule has 2 aromatic heterocycles. The van der Waals surface area contributed by atoms with Gasteiger partial charge in [-0.1, -0.05) is 15.9 Å². The second kappa shape index (κ2) is 6.13. The Morgan fingerprint density at radius 2 is 1.83 bits per heavy atom. The van der Waals surface area contributed by atoms with Gasteiger partial charge in [0.2, 0.25) is 0 Å². The molecule has 1 aromatic carbocycles. The van der Waals surface area contributed by atoms with E-state index >= 15 is 0 Å². The number of aryl methyl sites for hydroxylation is 1. The van der Waals surface area contributed by atoms with Crippen LogP contribution in [0.3, 0.4) is 0 Å². The normalized spacial score (nSPS) is 11.4. The van der Waals surface area contributed by atoms with E-state index in [4.69, 9.17) is 0 Å². The Morgan fingerprint density at radius 1 is 1.09 bits per heavy atom. The second-order valence-electron chi connectivity index (χ2n) is 4.81. The highest BCUT2D eigenvalue weighted by Gasteiger charge is 2.14. The minimum atomic E-state index is -3.63. The minimum absolute atomic E-state index is 0.190. The molecule has 0 saturated heterocycles. The van der Waals surface area contributed by atoms with Crippen molar-refractivity contribution in [2.75, 3.05) is 4.72 Å². The fourth-order valence-electron chi connectivity index (χ4n) is 2.04. The molecule has 0 fully saturated rings. The molecule has 0 atom stereocenters. The third-order valence-corrected chi connectivity index (χ3v) is 5.12. The van der Waals surface area contributed by atoms with Crippen LogP contribution in [-0.4, -0.2) is 23.0 Å². The number of rotatable bonds is 4. The first kappa shape index (κ1) is 15.7. The number of nitrogens with zero attached hydrogens (tertiary/aromatic N) is 3. The van der Waals surface area contributed by atoms with E-state index in [1.807, 2.05) is 11.5 Å². The molecule has 0 spiro atoms. The summed E-state index contributed by atoms with van der Waals surface area (Å²) >= 11 is 3.28. The maximum absolute atomic E-state index is 12.3. The van der Waals surface area contributed by atoms with E-state index in [9.17, 15) is 8.42 Å². The number of nitrogens with one attached hydrogen (secondary N) is 1. The standard InChI is InChI=1S/C15H13BrN4O2S/c1-11-17-8-9-20(11)15-7-4-13(10-18-15)19-23(21,22)14-5-2-12(16)3-6-14/h2-10,19H,1H3. The van der Waals surface area contributed by atoms with Crippen LogP contribution in [0.25, 0.3) is 5.82 Å². The molecule has 1 N–H and O–H groups in total. The van der Waals surface area contributed by atoms with Gasteiger partial charge in [0, 0.05) is 16.9 Å².